The molecule has 2 aromatic rings. The number of fused-ring (bicyclic) bond motifs is 1. The van der Waals surface area contributed by atoms with Gasteiger partial charge in [0.15, 0.2) is 0 Å². The Labute approximate surface area is 164 Å². The van der Waals surface area contributed by atoms with Crippen LogP contribution in [-0.4, -0.2) is 33.9 Å². The van der Waals surface area contributed by atoms with Gasteiger partial charge < -0.3 is 20.1 Å². The summed E-state index contributed by atoms with van der Waals surface area (Å²) < 4.78 is 36.8. The molecule has 0 saturated heterocycles. The van der Waals surface area contributed by atoms with Gasteiger partial charge in [-0.3, -0.25) is 4.72 Å². The molecule has 1 heterocycles. The summed E-state index contributed by atoms with van der Waals surface area (Å²) in [4.78, 5) is 12.4. The lowest BCUT2D eigenvalue weighted by atomic mass is 10.0. The van der Waals surface area contributed by atoms with Gasteiger partial charge in [0.1, 0.15) is 11.5 Å². The highest BCUT2D eigenvalue weighted by molar-refractivity contribution is 7.92. The summed E-state index contributed by atoms with van der Waals surface area (Å²) in [6, 6.07) is 11.8. The van der Waals surface area contributed by atoms with Crippen molar-refractivity contribution in [2.75, 3.05) is 29.5 Å². The molecule has 1 aliphatic rings. The van der Waals surface area contributed by atoms with Gasteiger partial charge in [-0.25, -0.2) is 13.2 Å². The Morgan fingerprint density at radius 1 is 1.25 bits per heavy atom. The number of carbonyl (C=O) groups is 1. The number of amides is 2. The fraction of sp³-hybridized carbons (Fsp3) is 0.316. The number of hydrogen-bond donors (Lipinski definition) is 3. The van der Waals surface area contributed by atoms with Crippen LogP contribution in [0.1, 0.15) is 24.9 Å². The number of nitrogens with one attached hydrogen (secondary N) is 3. The molecule has 0 bridgehead atoms. The second kappa shape index (κ2) is 8.39. The molecule has 2 aromatic carbocycles. The van der Waals surface area contributed by atoms with E-state index in [4.69, 9.17) is 9.47 Å². The van der Waals surface area contributed by atoms with E-state index in [1.54, 1.807) is 25.1 Å². The third-order valence-corrected chi connectivity index (χ3v) is 5.66. The van der Waals surface area contributed by atoms with Crippen molar-refractivity contribution >= 4 is 27.4 Å². The van der Waals surface area contributed by atoms with Crippen molar-refractivity contribution in [1.29, 1.82) is 0 Å². The van der Waals surface area contributed by atoms with Gasteiger partial charge in [0, 0.05) is 23.7 Å². The third-order valence-electron chi connectivity index (χ3n) is 4.37. The Bertz CT molecular complexity index is 962. The number of methoxy groups -OCH3 is 1. The van der Waals surface area contributed by atoms with E-state index >= 15 is 0 Å². The Balaban J connectivity index is 1.69. The molecule has 0 fully saturated rings. The molecule has 0 radical (unpaired) electrons. The van der Waals surface area contributed by atoms with Crippen molar-refractivity contribution in [1.82, 2.24) is 5.32 Å². The number of benzene rings is 2. The molecular formula is C19H23N3O5S. The van der Waals surface area contributed by atoms with Crippen molar-refractivity contribution in [2.24, 2.45) is 0 Å². The van der Waals surface area contributed by atoms with Crippen LogP contribution in [0.2, 0.25) is 0 Å². The van der Waals surface area contributed by atoms with Crippen LogP contribution in [0.4, 0.5) is 16.2 Å². The molecule has 28 heavy (non-hydrogen) atoms. The molecular weight excluding hydrogens is 382 g/mol. The van der Waals surface area contributed by atoms with Crippen LogP contribution in [-0.2, 0) is 10.0 Å². The summed E-state index contributed by atoms with van der Waals surface area (Å²) in [5, 5.41) is 5.69. The molecule has 1 atom stereocenters. The number of sulfonamides is 1. The zero-order valence-electron chi connectivity index (χ0n) is 15.7. The smallest absolute Gasteiger partial charge is 0.319 e. The van der Waals surface area contributed by atoms with Crippen LogP contribution in [0.15, 0.2) is 42.5 Å². The Morgan fingerprint density at radius 3 is 2.79 bits per heavy atom. The zero-order chi connectivity index (χ0) is 20.1. The normalized spacial score (nSPS) is 15.7. The van der Waals surface area contributed by atoms with Crippen molar-refractivity contribution in [3.8, 4) is 11.5 Å². The van der Waals surface area contributed by atoms with Crippen LogP contribution in [0, 0.1) is 0 Å². The van der Waals surface area contributed by atoms with E-state index in [1.165, 1.54) is 7.11 Å². The topological polar surface area (TPSA) is 106 Å². The number of ether oxygens (including phenoxy) is 2. The average molecular weight is 405 g/mol. The summed E-state index contributed by atoms with van der Waals surface area (Å²) >= 11 is 0. The molecule has 3 N–H and O–H groups in total. The molecule has 2 amide bonds. The molecule has 0 unspecified atom stereocenters. The van der Waals surface area contributed by atoms with E-state index in [0.717, 1.165) is 11.3 Å². The number of anilines is 2. The SMILES string of the molecule is CCS(=O)(=O)Nc1ccc(NC(=O)N[C@H]2CCOc3ccccc32)cc1OC. The van der Waals surface area contributed by atoms with Crippen LogP contribution in [0.5, 0.6) is 11.5 Å². The number of hydrogen-bond acceptors (Lipinski definition) is 5. The summed E-state index contributed by atoms with van der Waals surface area (Å²) in [7, 11) is -2.00. The molecule has 9 heteroatoms. The molecule has 0 spiro atoms. The fourth-order valence-electron chi connectivity index (χ4n) is 2.91. The molecule has 1 aliphatic heterocycles. The minimum absolute atomic E-state index is 0.0505. The van der Waals surface area contributed by atoms with Gasteiger partial charge in [-0.05, 0) is 25.1 Å². The molecule has 3 rings (SSSR count). The molecule has 150 valence electrons. The maximum absolute atomic E-state index is 12.4. The van der Waals surface area contributed by atoms with Gasteiger partial charge in [0.05, 0.1) is 31.2 Å². The van der Waals surface area contributed by atoms with Crippen LogP contribution in [0.3, 0.4) is 0 Å². The largest absolute Gasteiger partial charge is 0.494 e. The third kappa shape index (κ3) is 4.66. The zero-order valence-corrected chi connectivity index (χ0v) is 16.5. The average Bonchev–Trinajstić information content (AvgIpc) is 2.69. The van der Waals surface area contributed by atoms with E-state index in [2.05, 4.69) is 15.4 Å². The minimum atomic E-state index is -3.43. The predicted octanol–water partition coefficient (Wildman–Crippen LogP) is 3.10. The van der Waals surface area contributed by atoms with Gasteiger partial charge in [-0.15, -0.1) is 0 Å². The van der Waals surface area contributed by atoms with E-state index in [9.17, 15) is 13.2 Å². The minimum Gasteiger partial charge on any atom is -0.494 e. The summed E-state index contributed by atoms with van der Waals surface area (Å²) in [5.41, 5.74) is 1.73. The number of para-hydroxylation sites is 1. The van der Waals surface area contributed by atoms with E-state index in [1.807, 2.05) is 24.3 Å². The van der Waals surface area contributed by atoms with Crippen molar-refractivity contribution in [2.45, 2.75) is 19.4 Å². The second-order valence-electron chi connectivity index (χ2n) is 6.25. The summed E-state index contributed by atoms with van der Waals surface area (Å²) in [6.45, 7) is 2.07. The first-order chi connectivity index (χ1) is 13.4. The Hall–Kier alpha value is -2.94. The van der Waals surface area contributed by atoms with Crippen molar-refractivity contribution < 1.29 is 22.7 Å². The van der Waals surface area contributed by atoms with Gasteiger partial charge in [-0.1, -0.05) is 18.2 Å². The van der Waals surface area contributed by atoms with Crippen molar-refractivity contribution in [3.63, 3.8) is 0 Å². The van der Waals surface area contributed by atoms with Crippen LogP contribution >= 0.6 is 0 Å². The lowest BCUT2D eigenvalue weighted by molar-refractivity contribution is 0.232. The van der Waals surface area contributed by atoms with Crippen LogP contribution in [0.25, 0.3) is 0 Å². The Kier molecular flexibility index (Phi) is 5.93. The highest BCUT2D eigenvalue weighted by atomic mass is 32.2. The maximum atomic E-state index is 12.4. The first-order valence-corrected chi connectivity index (χ1v) is 10.5. The number of rotatable bonds is 6. The quantitative estimate of drug-likeness (QED) is 0.685. The molecule has 0 aromatic heterocycles. The van der Waals surface area contributed by atoms with Crippen molar-refractivity contribution in [3.05, 3.63) is 48.0 Å². The predicted molar refractivity (Wildman–Crippen MR) is 108 cm³/mol. The fourth-order valence-corrected chi connectivity index (χ4v) is 3.56. The first-order valence-electron chi connectivity index (χ1n) is 8.89. The lowest BCUT2D eigenvalue weighted by Crippen LogP contribution is -2.35. The number of carbonyl (C=O) groups excluding carboxylic acids is 1. The molecule has 0 saturated carbocycles. The monoisotopic (exact) mass is 405 g/mol. The van der Waals surface area contributed by atoms with E-state index in [-0.39, 0.29) is 17.8 Å². The Morgan fingerprint density at radius 2 is 2.04 bits per heavy atom. The maximum Gasteiger partial charge on any atom is 0.319 e. The standard InChI is InChI=1S/C19H23N3O5S/c1-3-28(24,25)22-16-9-8-13(12-18(16)26-2)20-19(23)21-15-10-11-27-17-7-5-4-6-14(15)17/h4-9,12,15,22H,3,10-11H2,1-2H3,(H2,20,21,23)/t15-/m0/s1. The van der Waals surface area contributed by atoms with E-state index < -0.39 is 10.0 Å². The lowest BCUT2D eigenvalue weighted by Gasteiger charge is -2.26. The highest BCUT2D eigenvalue weighted by Crippen LogP contribution is 2.32. The second-order valence-corrected chi connectivity index (χ2v) is 8.26. The summed E-state index contributed by atoms with van der Waals surface area (Å²) in [6.07, 6.45) is 0.672. The van der Waals surface area contributed by atoms with Gasteiger partial charge >= 0.3 is 6.03 Å². The highest BCUT2D eigenvalue weighted by Gasteiger charge is 2.22. The van der Waals surface area contributed by atoms with Gasteiger partial charge in [0.25, 0.3) is 0 Å². The molecule has 0 aliphatic carbocycles. The first kappa shape index (κ1) is 19.8. The van der Waals surface area contributed by atoms with Gasteiger partial charge in [-0.2, -0.15) is 0 Å². The number of urea groups is 1. The van der Waals surface area contributed by atoms with Crippen LogP contribution < -0.4 is 24.8 Å². The van der Waals surface area contributed by atoms with E-state index in [0.29, 0.717) is 30.2 Å². The van der Waals surface area contributed by atoms with Gasteiger partial charge in [0.2, 0.25) is 10.0 Å². The molecule has 8 nitrogen and oxygen atoms in total. The summed E-state index contributed by atoms with van der Waals surface area (Å²) in [5.74, 6) is 1.03.